The molecule has 0 spiro atoms. The zero-order chi connectivity index (χ0) is 16.6. The Bertz CT molecular complexity index is 779. The lowest BCUT2D eigenvalue weighted by Crippen LogP contribution is -2.26. The summed E-state index contributed by atoms with van der Waals surface area (Å²) in [7, 11) is 0. The molecule has 4 nitrogen and oxygen atoms in total. The predicted molar refractivity (Wildman–Crippen MR) is 75.3 cm³/mol. The summed E-state index contributed by atoms with van der Waals surface area (Å²) in [6.45, 7) is -0.724. The van der Waals surface area contributed by atoms with Crippen LogP contribution in [-0.4, -0.2) is 28.8 Å². The van der Waals surface area contributed by atoms with Crippen molar-refractivity contribution in [1.29, 1.82) is 0 Å². The maximum Gasteiger partial charge on any atom is 0.354 e. The van der Waals surface area contributed by atoms with E-state index in [2.05, 4.69) is 4.98 Å². The summed E-state index contributed by atoms with van der Waals surface area (Å²) in [4.78, 5) is 15.1. The van der Waals surface area contributed by atoms with E-state index >= 15 is 0 Å². The van der Waals surface area contributed by atoms with Gasteiger partial charge in [-0.15, -0.1) is 0 Å². The smallest absolute Gasteiger partial charge is 0.354 e. The van der Waals surface area contributed by atoms with Gasteiger partial charge in [-0.1, -0.05) is 0 Å². The van der Waals surface area contributed by atoms with Crippen LogP contribution < -0.4 is 4.74 Å². The third-order valence-electron chi connectivity index (χ3n) is 3.69. The molecule has 1 aromatic carbocycles. The molecular weight excluding hydrogens is 311 g/mol. The SMILES string of the molecule is O=C(O)c1cc(-c2ccc(F)cc2F)c2c(n1)OC(CF)CC2. The average Bonchev–Trinajstić information content (AvgIpc) is 2.53. The van der Waals surface area contributed by atoms with Crippen molar-refractivity contribution in [3.05, 3.63) is 47.2 Å². The number of ether oxygens (including phenoxy) is 1. The summed E-state index contributed by atoms with van der Waals surface area (Å²) in [5.74, 6) is -2.89. The van der Waals surface area contributed by atoms with E-state index in [9.17, 15) is 18.0 Å². The minimum atomic E-state index is -1.32. The number of nitrogens with zero attached hydrogens (tertiary/aromatic N) is 1. The molecule has 23 heavy (non-hydrogen) atoms. The Kier molecular flexibility index (Phi) is 3.94. The number of rotatable bonds is 3. The predicted octanol–water partition coefficient (Wildman–Crippen LogP) is 3.39. The number of hydrogen-bond acceptors (Lipinski definition) is 3. The summed E-state index contributed by atoms with van der Waals surface area (Å²) in [6.07, 6.45) is 0.0288. The van der Waals surface area contributed by atoms with Crippen molar-refractivity contribution >= 4 is 5.97 Å². The van der Waals surface area contributed by atoms with Gasteiger partial charge in [0.25, 0.3) is 0 Å². The van der Waals surface area contributed by atoms with Crippen molar-refractivity contribution in [2.75, 3.05) is 6.67 Å². The second kappa shape index (κ2) is 5.91. The van der Waals surface area contributed by atoms with Gasteiger partial charge in [0.05, 0.1) is 0 Å². The third kappa shape index (κ3) is 2.86. The lowest BCUT2D eigenvalue weighted by Gasteiger charge is -2.25. The molecule has 7 heteroatoms. The zero-order valence-corrected chi connectivity index (χ0v) is 11.9. The number of hydrogen-bond donors (Lipinski definition) is 1. The molecule has 0 saturated carbocycles. The second-order valence-electron chi connectivity index (χ2n) is 5.20. The van der Waals surface area contributed by atoms with E-state index in [0.29, 0.717) is 18.4 Å². The van der Waals surface area contributed by atoms with E-state index in [0.717, 1.165) is 12.1 Å². The second-order valence-corrected chi connectivity index (χ2v) is 5.20. The van der Waals surface area contributed by atoms with Crippen LogP contribution in [0.15, 0.2) is 24.3 Å². The Labute approximate surface area is 129 Å². The molecule has 1 aliphatic rings. The van der Waals surface area contributed by atoms with Crippen molar-refractivity contribution < 1.29 is 27.8 Å². The van der Waals surface area contributed by atoms with Crippen LogP contribution in [0.4, 0.5) is 13.2 Å². The molecule has 0 radical (unpaired) electrons. The fraction of sp³-hybridized carbons (Fsp3) is 0.250. The zero-order valence-electron chi connectivity index (χ0n) is 11.9. The molecule has 1 aromatic heterocycles. The number of alkyl halides is 1. The summed E-state index contributed by atoms with van der Waals surface area (Å²) in [5.41, 5.74) is 0.462. The van der Waals surface area contributed by atoms with Crippen molar-refractivity contribution in [1.82, 2.24) is 4.98 Å². The van der Waals surface area contributed by atoms with Crippen molar-refractivity contribution in [3.63, 3.8) is 0 Å². The monoisotopic (exact) mass is 323 g/mol. The van der Waals surface area contributed by atoms with Gasteiger partial charge in [-0.2, -0.15) is 0 Å². The number of fused-ring (bicyclic) bond motifs is 1. The number of carboxylic acid groups (broad SMARTS) is 1. The minimum Gasteiger partial charge on any atom is -0.477 e. The molecule has 2 heterocycles. The molecule has 0 amide bonds. The first-order valence-corrected chi connectivity index (χ1v) is 6.95. The summed E-state index contributed by atoms with van der Waals surface area (Å²) in [6, 6.07) is 4.25. The van der Waals surface area contributed by atoms with Gasteiger partial charge in [-0.25, -0.2) is 22.9 Å². The average molecular weight is 323 g/mol. The van der Waals surface area contributed by atoms with E-state index in [1.807, 2.05) is 0 Å². The Hall–Kier alpha value is -2.57. The molecule has 120 valence electrons. The van der Waals surface area contributed by atoms with Gasteiger partial charge in [0, 0.05) is 17.2 Å². The topological polar surface area (TPSA) is 59.4 Å². The highest BCUT2D eigenvalue weighted by Crippen LogP contribution is 2.36. The van der Waals surface area contributed by atoms with Gasteiger partial charge in [0.2, 0.25) is 5.88 Å². The molecule has 1 atom stereocenters. The standard InChI is InChI=1S/C16H12F3NO3/c17-7-9-2-4-11-12(10-3-1-8(18)5-13(10)19)6-14(16(21)22)20-15(11)23-9/h1,3,5-6,9H,2,4,7H2,(H,21,22). The highest BCUT2D eigenvalue weighted by Gasteiger charge is 2.27. The van der Waals surface area contributed by atoms with Gasteiger partial charge in [0.15, 0.2) is 5.69 Å². The molecule has 1 N–H and O–H groups in total. The molecule has 0 aliphatic carbocycles. The van der Waals surface area contributed by atoms with Crippen LogP contribution in [0.5, 0.6) is 5.88 Å². The lowest BCUT2D eigenvalue weighted by molar-refractivity contribution is 0.0686. The van der Waals surface area contributed by atoms with Crippen LogP contribution in [0, 0.1) is 11.6 Å². The quantitative estimate of drug-likeness (QED) is 0.940. The van der Waals surface area contributed by atoms with Crippen LogP contribution in [0.2, 0.25) is 0 Å². The molecule has 0 saturated heterocycles. The van der Waals surface area contributed by atoms with E-state index < -0.39 is 30.4 Å². The van der Waals surface area contributed by atoms with Crippen LogP contribution >= 0.6 is 0 Å². The largest absolute Gasteiger partial charge is 0.477 e. The number of benzene rings is 1. The molecule has 0 fully saturated rings. The minimum absolute atomic E-state index is 0.0162. The first kappa shape index (κ1) is 15.3. The van der Waals surface area contributed by atoms with Gasteiger partial charge in [0.1, 0.15) is 24.4 Å². The number of aromatic carboxylic acids is 1. The summed E-state index contributed by atoms with van der Waals surface area (Å²) in [5, 5.41) is 9.15. The number of aromatic nitrogens is 1. The first-order chi connectivity index (χ1) is 11.0. The summed E-state index contributed by atoms with van der Waals surface area (Å²) < 4.78 is 45.3. The maximum absolute atomic E-state index is 14.1. The molecule has 1 aliphatic heterocycles. The van der Waals surface area contributed by atoms with Crippen LogP contribution in [-0.2, 0) is 6.42 Å². The number of halogens is 3. The summed E-state index contributed by atoms with van der Waals surface area (Å²) >= 11 is 0. The van der Waals surface area contributed by atoms with Gasteiger partial charge < -0.3 is 9.84 Å². The van der Waals surface area contributed by atoms with E-state index in [-0.39, 0.29) is 22.7 Å². The number of pyridine rings is 1. The van der Waals surface area contributed by atoms with Crippen molar-refractivity contribution in [2.24, 2.45) is 0 Å². The van der Waals surface area contributed by atoms with Crippen molar-refractivity contribution in [2.45, 2.75) is 18.9 Å². The molecule has 1 unspecified atom stereocenters. The fourth-order valence-electron chi connectivity index (χ4n) is 2.58. The van der Waals surface area contributed by atoms with E-state index in [4.69, 9.17) is 9.84 Å². The molecule has 3 rings (SSSR count). The Balaban J connectivity index is 2.19. The number of carbonyl (C=O) groups is 1. The van der Waals surface area contributed by atoms with E-state index in [1.165, 1.54) is 12.1 Å². The third-order valence-corrected chi connectivity index (χ3v) is 3.69. The fourth-order valence-corrected chi connectivity index (χ4v) is 2.58. The maximum atomic E-state index is 14.1. The van der Waals surface area contributed by atoms with Crippen molar-refractivity contribution in [3.8, 4) is 17.0 Å². The highest BCUT2D eigenvalue weighted by molar-refractivity contribution is 5.88. The number of carboxylic acids is 1. The van der Waals surface area contributed by atoms with Gasteiger partial charge >= 0.3 is 5.97 Å². The molecular formula is C16H12F3NO3. The van der Waals surface area contributed by atoms with Crippen LogP contribution in [0.3, 0.4) is 0 Å². The van der Waals surface area contributed by atoms with Gasteiger partial charge in [-0.05, 0) is 36.6 Å². The van der Waals surface area contributed by atoms with Crippen LogP contribution in [0.1, 0.15) is 22.5 Å². The van der Waals surface area contributed by atoms with E-state index in [1.54, 1.807) is 0 Å². The molecule has 0 bridgehead atoms. The Morgan fingerprint density at radius 1 is 1.30 bits per heavy atom. The molecule has 2 aromatic rings. The Morgan fingerprint density at radius 2 is 2.09 bits per heavy atom. The highest BCUT2D eigenvalue weighted by atomic mass is 19.1. The van der Waals surface area contributed by atoms with Crippen LogP contribution in [0.25, 0.3) is 11.1 Å². The first-order valence-electron chi connectivity index (χ1n) is 6.95. The Morgan fingerprint density at radius 3 is 2.74 bits per heavy atom. The lowest BCUT2D eigenvalue weighted by atomic mass is 9.94. The van der Waals surface area contributed by atoms with Gasteiger partial charge in [-0.3, -0.25) is 0 Å². The normalized spacial score (nSPS) is 16.6.